The number of carbonyl (C=O) groups excluding carboxylic acids is 1. The van der Waals surface area contributed by atoms with Crippen LogP contribution in [0.5, 0.6) is 5.75 Å². The van der Waals surface area contributed by atoms with Gasteiger partial charge in [-0.1, -0.05) is 32.0 Å². The predicted octanol–water partition coefficient (Wildman–Crippen LogP) is 3.64. The third kappa shape index (κ3) is 4.33. The fourth-order valence-corrected chi connectivity index (χ4v) is 2.79. The number of tetrazole rings is 1. The zero-order valence-electron chi connectivity index (χ0n) is 16.0. The largest absolute Gasteiger partial charge is 0.483 e. The average Bonchev–Trinajstić information content (AvgIpc) is 3.13. The number of nitrogens with zero attached hydrogens (tertiary/aromatic N) is 4. The highest BCUT2D eigenvalue weighted by Crippen LogP contribution is 2.28. The molecule has 0 saturated carbocycles. The molecule has 0 saturated heterocycles. The summed E-state index contributed by atoms with van der Waals surface area (Å²) in [6.45, 7) is 5.73. The van der Waals surface area contributed by atoms with Crippen LogP contribution in [0.3, 0.4) is 0 Å². The van der Waals surface area contributed by atoms with Crippen LogP contribution in [0.15, 0.2) is 42.5 Å². The van der Waals surface area contributed by atoms with E-state index in [-0.39, 0.29) is 18.2 Å². The van der Waals surface area contributed by atoms with Crippen molar-refractivity contribution in [3.63, 3.8) is 0 Å². The zero-order valence-corrected chi connectivity index (χ0v) is 16.0. The first-order chi connectivity index (χ1) is 13.5. The SMILES string of the molecule is CCC(C)c1ccccc1OCC(=O)Nc1ccc(F)c(-n2nnnc2C)c1. The molecule has 2 aromatic carbocycles. The van der Waals surface area contributed by atoms with Crippen molar-refractivity contribution in [3.05, 3.63) is 59.7 Å². The Hall–Kier alpha value is -3.29. The number of aryl methyl sites for hydroxylation is 1. The molecule has 1 N–H and O–H groups in total. The smallest absolute Gasteiger partial charge is 0.262 e. The summed E-state index contributed by atoms with van der Waals surface area (Å²) in [6, 6.07) is 11.9. The van der Waals surface area contributed by atoms with Crippen molar-refractivity contribution >= 4 is 11.6 Å². The molecule has 0 aliphatic carbocycles. The minimum absolute atomic E-state index is 0.149. The number of nitrogens with one attached hydrogen (secondary N) is 1. The number of carbonyl (C=O) groups is 1. The van der Waals surface area contributed by atoms with Crippen LogP contribution < -0.4 is 10.1 Å². The van der Waals surface area contributed by atoms with E-state index in [2.05, 4.69) is 34.7 Å². The van der Waals surface area contributed by atoms with Gasteiger partial charge in [-0.3, -0.25) is 4.79 Å². The van der Waals surface area contributed by atoms with Crippen LogP contribution in [0.25, 0.3) is 5.69 Å². The molecular formula is C20H22FN5O2. The predicted molar refractivity (Wildman–Crippen MR) is 103 cm³/mol. The first-order valence-corrected chi connectivity index (χ1v) is 9.06. The van der Waals surface area contributed by atoms with Gasteiger partial charge in [0.25, 0.3) is 5.91 Å². The summed E-state index contributed by atoms with van der Waals surface area (Å²) in [6.07, 6.45) is 0.974. The van der Waals surface area contributed by atoms with Crippen LogP contribution in [-0.4, -0.2) is 32.7 Å². The number of ether oxygens (including phenoxy) is 1. The Morgan fingerprint density at radius 3 is 2.79 bits per heavy atom. The van der Waals surface area contributed by atoms with E-state index < -0.39 is 5.82 Å². The summed E-state index contributed by atoms with van der Waals surface area (Å²) in [5, 5.41) is 13.7. The van der Waals surface area contributed by atoms with Crippen molar-refractivity contribution in [2.45, 2.75) is 33.1 Å². The normalized spacial score (nSPS) is 11.9. The summed E-state index contributed by atoms with van der Waals surface area (Å²) in [5.74, 6) is 0.624. The van der Waals surface area contributed by atoms with Crippen molar-refractivity contribution in [3.8, 4) is 11.4 Å². The maximum atomic E-state index is 14.1. The Labute approximate surface area is 162 Å². The Bertz CT molecular complexity index is 973. The molecule has 28 heavy (non-hydrogen) atoms. The number of aromatic nitrogens is 4. The number of amides is 1. The van der Waals surface area contributed by atoms with Gasteiger partial charge >= 0.3 is 0 Å². The summed E-state index contributed by atoms with van der Waals surface area (Å²) in [7, 11) is 0. The number of anilines is 1. The summed E-state index contributed by atoms with van der Waals surface area (Å²) in [4.78, 5) is 12.3. The minimum Gasteiger partial charge on any atom is -0.483 e. The lowest BCUT2D eigenvalue weighted by Crippen LogP contribution is -2.21. The molecule has 7 nitrogen and oxygen atoms in total. The molecule has 0 aliphatic heterocycles. The van der Waals surface area contributed by atoms with Gasteiger partial charge < -0.3 is 10.1 Å². The molecule has 0 fully saturated rings. The topological polar surface area (TPSA) is 81.9 Å². The molecule has 1 heterocycles. The highest BCUT2D eigenvalue weighted by molar-refractivity contribution is 5.92. The van der Waals surface area contributed by atoms with Crippen LogP contribution in [0.2, 0.25) is 0 Å². The molecule has 0 bridgehead atoms. The summed E-state index contributed by atoms with van der Waals surface area (Å²) >= 11 is 0. The van der Waals surface area contributed by atoms with Gasteiger partial charge in [0.1, 0.15) is 17.3 Å². The third-order valence-corrected chi connectivity index (χ3v) is 4.50. The summed E-state index contributed by atoms with van der Waals surface area (Å²) < 4.78 is 21.1. The van der Waals surface area contributed by atoms with E-state index in [0.29, 0.717) is 23.2 Å². The second-order valence-corrected chi connectivity index (χ2v) is 6.49. The molecule has 3 aromatic rings. The minimum atomic E-state index is -0.493. The molecule has 0 radical (unpaired) electrons. The lowest BCUT2D eigenvalue weighted by molar-refractivity contribution is -0.118. The van der Waals surface area contributed by atoms with Gasteiger partial charge in [0.2, 0.25) is 0 Å². The molecule has 8 heteroatoms. The van der Waals surface area contributed by atoms with Gasteiger partial charge in [-0.2, -0.15) is 4.68 Å². The van der Waals surface area contributed by atoms with Gasteiger partial charge in [0.15, 0.2) is 12.4 Å². The quantitative estimate of drug-likeness (QED) is 0.674. The number of benzene rings is 2. The van der Waals surface area contributed by atoms with E-state index >= 15 is 0 Å². The molecule has 0 aliphatic rings. The van der Waals surface area contributed by atoms with Crippen molar-refractivity contribution in [1.29, 1.82) is 0 Å². The fraction of sp³-hybridized carbons (Fsp3) is 0.300. The molecule has 1 atom stereocenters. The molecule has 1 aromatic heterocycles. The fourth-order valence-electron chi connectivity index (χ4n) is 2.79. The van der Waals surface area contributed by atoms with Gasteiger partial charge in [-0.15, -0.1) is 5.10 Å². The Kier molecular flexibility index (Phi) is 5.98. The van der Waals surface area contributed by atoms with Crippen molar-refractivity contribution in [2.24, 2.45) is 0 Å². The van der Waals surface area contributed by atoms with E-state index in [0.717, 1.165) is 12.0 Å². The highest BCUT2D eigenvalue weighted by atomic mass is 19.1. The third-order valence-electron chi connectivity index (χ3n) is 4.50. The highest BCUT2D eigenvalue weighted by Gasteiger charge is 2.14. The molecule has 1 unspecified atom stereocenters. The zero-order chi connectivity index (χ0) is 20.1. The second kappa shape index (κ2) is 8.60. The number of halogens is 1. The van der Waals surface area contributed by atoms with Gasteiger partial charge in [-0.05, 0) is 59.5 Å². The number of hydrogen-bond acceptors (Lipinski definition) is 5. The molecule has 146 valence electrons. The lowest BCUT2D eigenvalue weighted by atomic mass is 9.98. The Balaban J connectivity index is 1.69. The first-order valence-electron chi connectivity index (χ1n) is 9.06. The molecule has 1 amide bonds. The van der Waals surface area contributed by atoms with E-state index in [4.69, 9.17) is 4.74 Å². The van der Waals surface area contributed by atoms with Gasteiger partial charge in [0, 0.05) is 5.69 Å². The molecule has 0 spiro atoms. The Morgan fingerprint density at radius 2 is 2.07 bits per heavy atom. The van der Waals surface area contributed by atoms with Crippen LogP contribution in [0.4, 0.5) is 10.1 Å². The number of rotatable bonds is 7. The maximum Gasteiger partial charge on any atom is 0.262 e. The average molecular weight is 383 g/mol. The van der Waals surface area contributed by atoms with Gasteiger partial charge in [0.05, 0.1) is 0 Å². The van der Waals surface area contributed by atoms with Gasteiger partial charge in [-0.25, -0.2) is 4.39 Å². The van der Waals surface area contributed by atoms with Crippen molar-refractivity contribution in [1.82, 2.24) is 20.2 Å². The van der Waals surface area contributed by atoms with E-state index in [1.165, 1.54) is 22.9 Å². The Morgan fingerprint density at radius 1 is 1.29 bits per heavy atom. The van der Waals surface area contributed by atoms with Crippen LogP contribution >= 0.6 is 0 Å². The number of hydrogen-bond donors (Lipinski definition) is 1. The first kappa shape index (κ1) is 19.5. The van der Waals surface area contributed by atoms with E-state index in [1.54, 1.807) is 6.92 Å². The summed E-state index contributed by atoms with van der Waals surface area (Å²) in [5.41, 5.74) is 1.65. The standard InChI is InChI=1S/C20H22FN5O2/c1-4-13(2)16-7-5-6-8-19(16)28-12-20(27)22-15-9-10-17(21)18(11-15)26-14(3)23-24-25-26/h5-11,13H,4,12H2,1-3H3,(H,22,27). The lowest BCUT2D eigenvalue weighted by Gasteiger charge is -2.15. The van der Waals surface area contributed by atoms with Crippen LogP contribution in [0.1, 0.15) is 37.6 Å². The number of para-hydroxylation sites is 1. The second-order valence-electron chi connectivity index (χ2n) is 6.49. The van der Waals surface area contributed by atoms with Crippen LogP contribution in [-0.2, 0) is 4.79 Å². The maximum absolute atomic E-state index is 14.1. The van der Waals surface area contributed by atoms with E-state index in [9.17, 15) is 9.18 Å². The monoisotopic (exact) mass is 383 g/mol. The molecule has 3 rings (SSSR count). The molecular weight excluding hydrogens is 361 g/mol. The van der Waals surface area contributed by atoms with Crippen molar-refractivity contribution in [2.75, 3.05) is 11.9 Å². The van der Waals surface area contributed by atoms with Crippen molar-refractivity contribution < 1.29 is 13.9 Å². The van der Waals surface area contributed by atoms with Crippen LogP contribution in [0, 0.1) is 12.7 Å². The van der Waals surface area contributed by atoms with E-state index in [1.807, 2.05) is 24.3 Å².